The highest BCUT2D eigenvalue weighted by Crippen LogP contribution is 2.29. The highest BCUT2D eigenvalue weighted by atomic mass is 35.5. The van der Waals surface area contributed by atoms with Crippen LogP contribution in [0.3, 0.4) is 0 Å². The number of carbonyl (C=O) groups is 2. The predicted octanol–water partition coefficient (Wildman–Crippen LogP) is 3.62. The molecule has 2 amide bonds. The fourth-order valence-corrected chi connectivity index (χ4v) is 3.15. The number of hydrogen-bond donors (Lipinski definition) is 4. The van der Waals surface area contributed by atoms with Gasteiger partial charge in [0, 0.05) is 5.02 Å². The number of nitrogens with one attached hydrogen (secondary N) is 4. The molecule has 0 aliphatic carbocycles. The van der Waals surface area contributed by atoms with Gasteiger partial charge in [-0.1, -0.05) is 46.9 Å². The average molecular weight is 527 g/mol. The first-order valence-corrected chi connectivity index (χ1v) is 10.3. The Morgan fingerprint density at radius 1 is 0.971 bits per heavy atom. The Morgan fingerprint density at radius 2 is 1.65 bits per heavy atom. The fraction of sp³-hybridized carbons (Fsp3) is 0.0526. The van der Waals surface area contributed by atoms with Crippen molar-refractivity contribution in [2.75, 3.05) is 17.5 Å². The molecular weight excluding hydrogens is 513 g/mol. The summed E-state index contributed by atoms with van der Waals surface area (Å²) in [7, 11) is 0. The summed E-state index contributed by atoms with van der Waals surface area (Å²) < 4.78 is 5.28. The van der Waals surface area contributed by atoms with E-state index in [2.05, 4.69) is 31.7 Å². The number of ether oxygens (including phenoxy) is 1. The van der Waals surface area contributed by atoms with Gasteiger partial charge in [-0.15, -0.1) is 0 Å². The number of rotatable bonds is 9. The second kappa shape index (κ2) is 11.3. The SMILES string of the molecule is O=C(COc1ccc(Cl)cc1Cl)NNc1ncnc(NNC(=O)c2ccccc2Cl)c1[N+](=O)[O-]. The number of nitrogens with zero attached hydrogens (tertiary/aromatic N) is 3. The Balaban J connectivity index is 1.64. The Labute approximate surface area is 206 Å². The molecule has 0 atom stereocenters. The van der Waals surface area contributed by atoms with Gasteiger partial charge in [0.15, 0.2) is 6.61 Å². The van der Waals surface area contributed by atoms with Gasteiger partial charge in [-0.3, -0.25) is 41.4 Å². The zero-order valence-corrected chi connectivity index (χ0v) is 19.1. The van der Waals surface area contributed by atoms with Crippen molar-refractivity contribution in [3.8, 4) is 5.75 Å². The van der Waals surface area contributed by atoms with Crippen molar-refractivity contribution in [1.29, 1.82) is 0 Å². The molecule has 1 aromatic heterocycles. The summed E-state index contributed by atoms with van der Waals surface area (Å²) in [5.74, 6) is -1.83. The van der Waals surface area contributed by atoms with E-state index in [-0.39, 0.29) is 33.0 Å². The van der Waals surface area contributed by atoms with Crippen LogP contribution in [-0.2, 0) is 4.79 Å². The number of nitro groups is 1. The Hall–Kier alpha value is -3.87. The molecule has 34 heavy (non-hydrogen) atoms. The molecule has 0 fully saturated rings. The first kappa shape index (κ1) is 24.8. The largest absolute Gasteiger partial charge is 0.482 e. The molecule has 0 saturated heterocycles. The standard InChI is InChI=1S/C19H14Cl3N7O5/c20-10-5-6-14(13(22)7-10)34-8-15(30)25-26-17-16(29(32)33)18(24-9-23-17)27-28-19(31)11-3-1-2-4-12(11)21/h1-7,9H,8H2,(H,25,30)(H,28,31)(H2,23,24,26,27). The molecule has 0 spiro atoms. The number of benzene rings is 2. The summed E-state index contributed by atoms with van der Waals surface area (Å²) in [5, 5.41) is 12.4. The molecule has 15 heteroatoms. The van der Waals surface area contributed by atoms with Crippen molar-refractivity contribution in [2.24, 2.45) is 0 Å². The Morgan fingerprint density at radius 3 is 2.29 bits per heavy atom. The molecule has 3 aromatic rings. The predicted molar refractivity (Wildman–Crippen MR) is 125 cm³/mol. The normalized spacial score (nSPS) is 10.2. The zero-order chi connectivity index (χ0) is 24.7. The van der Waals surface area contributed by atoms with Crippen LogP contribution >= 0.6 is 34.8 Å². The van der Waals surface area contributed by atoms with E-state index in [1.165, 1.54) is 30.3 Å². The Kier molecular flexibility index (Phi) is 8.24. The number of hydrogen-bond acceptors (Lipinski definition) is 9. The third kappa shape index (κ3) is 6.34. The van der Waals surface area contributed by atoms with Crippen LogP contribution in [0.4, 0.5) is 17.3 Å². The minimum absolute atomic E-state index is 0.139. The molecule has 176 valence electrons. The molecule has 4 N–H and O–H groups in total. The van der Waals surface area contributed by atoms with Crippen molar-refractivity contribution < 1.29 is 19.2 Å². The molecule has 0 saturated carbocycles. The highest BCUT2D eigenvalue weighted by Gasteiger charge is 2.24. The number of amides is 2. The Bertz CT molecular complexity index is 1240. The summed E-state index contributed by atoms with van der Waals surface area (Å²) in [4.78, 5) is 42.6. The van der Waals surface area contributed by atoms with E-state index in [4.69, 9.17) is 39.5 Å². The number of hydrazine groups is 2. The molecule has 1 heterocycles. The third-order valence-corrected chi connectivity index (χ3v) is 4.85. The van der Waals surface area contributed by atoms with Gasteiger partial charge in [0.2, 0.25) is 11.6 Å². The van der Waals surface area contributed by atoms with Gasteiger partial charge in [-0.05, 0) is 30.3 Å². The molecule has 3 rings (SSSR count). The molecule has 0 bridgehead atoms. The van der Waals surface area contributed by atoms with E-state index in [0.717, 1.165) is 6.33 Å². The molecule has 2 aromatic carbocycles. The lowest BCUT2D eigenvalue weighted by Crippen LogP contribution is -2.34. The fourth-order valence-electron chi connectivity index (χ4n) is 2.46. The van der Waals surface area contributed by atoms with Gasteiger partial charge in [0.1, 0.15) is 12.1 Å². The summed E-state index contributed by atoms with van der Waals surface area (Å²) >= 11 is 17.7. The van der Waals surface area contributed by atoms with Crippen LogP contribution < -0.4 is 26.4 Å². The highest BCUT2D eigenvalue weighted by molar-refractivity contribution is 6.35. The number of carbonyl (C=O) groups excluding carboxylic acids is 2. The maximum absolute atomic E-state index is 12.3. The maximum atomic E-state index is 12.3. The molecular formula is C19H14Cl3N7O5. The molecule has 0 unspecified atom stereocenters. The van der Waals surface area contributed by atoms with Crippen molar-refractivity contribution in [3.63, 3.8) is 0 Å². The zero-order valence-electron chi connectivity index (χ0n) is 16.8. The van der Waals surface area contributed by atoms with Crippen molar-refractivity contribution in [2.45, 2.75) is 0 Å². The molecule has 0 aliphatic rings. The van der Waals surface area contributed by atoms with Crippen LogP contribution in [0.2, 0.25) is 15.1 Å². The summed E-state index contributed by atoms with van der Waals surface area (Å²) in [5.41, 5.74) is 8.64. The van der Waals surface area contributed by atoms with E-state index in [1.807, 2.05) is 0 Å². The van der Waals surface area contributed by atoms with E-state index < -0.39 is 29.0 Å². The number of aromatic nitrogens is 2. The lowest BCUT2D eigenvalue weighted by molar-refractivity contribution is -0.383. The minimum atomic E-state index is -0.803. The van der Waals surface area contributed by atoms with Gasteiger partial charge in [0.05, 0.1) is 20.5 Å². The number of halogens is 3. The summed E-state index contributed by atoms with van der Waals surface area (Å²) in [6, 6.07) is 10.7. The van der Waals surface area contributed by atoms with Crippen LogP contribution in [0.15, 0.2) is 48.8 Å². The lowest BCUT2D eigenvalue weighted by Gasteiger charge is -2.12. The van der Waals surface area contributed by atoms with Crippen molar-refractivity contribution in [3.05, 3.63) is 79.5 Å². The summed E-state index contributed by atoms with van der Waals surface area (Å²) in [6.45, 7) is -0.466. The van der Waals surface area contributed by atoms with Gasteiger partial charge >= 0.3 is 5.69 Å². The first-order valence-electron chi connectivity index (χ1n) is 9.19. The van der Waals surface area contributed by atoms with Crippen LogP contribution in [0.25, 0.3) is 0 Å². The smallest absolute Gasteiger partial charge is 0.356 e. The van der Waals surface area contributed by atoms with E-state index in [9.17, 15) is 19.7 Å². The maximum Gasteiger partial charge on any atom is 0.356 e. The minimum Gasteiger partial charge on any atom is -0.482 e. The van der Waals surface area contributed by atoms with Gasteiger partial charge < -0.3 is 4.74 Å². The van der Waals surface area contributed by atoms with Crippen LogP contribution in [0, 0.1) is 10.1 Å². The van der Waals surface area contributed by atoms with Crippen molar-refractivity contribution in [1.82, 2.24) is 20.8 Å². The third-order valence-electron chi connectivity index (χ3n) is 3.99. The molecule has 0 aliphatic heterocycles. The second-order valence-electron chi connectivity index (χ2n) is 6.27. The first-order chi connectivity index (χ1) is 16.3. The van der Waals surface area contributed by atoms with Crippen LogP contribution in [0.1, 0.15) is 10.4 Å². The van der Waals surface area contributed by atoms with Crippen molar-refractivity contribution >= 4 is 63.9 Å². The van der Waals surface area contributed by atoms with Gasteiger partial charge in [-0.2, -0.15) is 0 Å². The lowest BCUT2D eigenvalue weighted by atomic mass is 10.2. The molecule has 12 nitrogen and oxygen atoms in total. The molecule has 0 radical (unpaired) electrons. The van der Waals surface area contributed by atoms with Crippen LogP contribution in [-0.4, -0.2) is 33.3 Å². The average Bonchev–Trinajstić information content (AvgIpc) is 2.80. The summed E-state index contributed by atoms with van der Waals surface area (Å²) in [6.07, 6.45) is 0.982. The topological polar surface area (TPSA) is 160 Å². The quantitative estimate of drug-likeness (QED) is 0.241. The van der Waals surface area contributed by atoms with E-state index >= 15 is 0 Å². The van der Waals surface area contributed by atoms with E-state index in [0.29, 0.717) is 5.02 Å². The number of anilines is 2. The van der Waals surface area contributed by atoms with Gasteiger partial charge in [0.25, 0.3) is 11.8 Å². The van der Waals surface area contributed by atoms with E-state index in [1.54, 1.807) is 12.1 Å². The second-order valence-corrected chi connectivity index (χ2v) is 7.52. The van der Waals surface area contributed by atoms with Gasteiger partial charge in [-0.25, -0.2) is 9.97 Å². The van der Waals surface area contributed by atoms with Crippen LogP contribution in [0.5, 0.6) is 5.75 Å². The monoisotopic (exact) mass is 525 g/mol.